The minimum atomic E-state index is 0.280. The van der Waals surface area contributed by atoms with Crippen LogP contribution in [-0.4, -0.2) is 32.3 Å². The minimum Gasteiger partial charge on any atom is -0.380 e. The summed E-state index contributed by atoms with van der Waals surface area (Å²) in [6.07, 6.45) is 2.53. The van der Waals surface area contributed by atoms with E-state index in [1.807, 2.05) is 0 Å². The highest BCUT2D eigenvalue weighted by Crippen LogP contribution is 1.96. The predicted octanol–water partition coefficient (Wildman–Crippen LogP) is 0.738. The third-order valence-corrected chi connectivity index (χ3v) is 2.17. The van der Waals surface area contributed by atoms with Gasteiger partial charge < -0.3 is 15.8 Å². The number of nitrogens with two attached hydrogens (primary N) is 1. The van der Waals surface area contributed by atoms with E-state index < -0.39 is 0 Å². The van der Waals surface area contributed by atoms with Crippen LogP contribution < -0.4 is 11.1 Å². The monoisotopic (exact) mass is 174 g/mol. The molecule has 0 aromatic heterocycles. The molecule has 0 aromatic rings. The maximum absolute atomic E-state index is 5.38. The summed E-state index contributed by atoms with van der Waals surface area (Å²) in [4.78, 5) is 0. The topological polar surface area (TPSA) is 47.3 Å². The van der Waals surface area contributed by atoms with Crippen molar-refractivity contribution >= 4 is 0 Å². The number of nitrogens with one attached hydrogen (secondary N) is 1. The van der Waals surface area contributed by atoms with Crippen molar-refractivity contribution in [3.05, 3.63) is 0 Å². The van der Waals surface area contributed by atoms with Crippen molar-refractivity contribution in [2.75, 3.05) is 20.2 Å². The standard InChI is InChI=1S/C9H22N2O/c1-8(9(2)12-3)11-7-5-4-6-10/h8-9,11H,4-7,10H2,1-3H3. The molecule has 0 radical (unpaired) electrons. The van der Waals surface area contributed by atoms with Gasteiger partial charge in [-0.2, -0.15) is 0 Å². The van der Waals surface area contributed by atoms with Crippen LogP contribution in [0.5, 0.6) is 0 Å². The largest absolute Gasteiger partial charge is 0.380 e. The summed E-state index contributed by atoms with van der Waals surface area (Å²) in [6, 6.07) is 0.424. The van der Waals surface area contributed by atoms with E-state index in [9.17, 15) is 0 Å². The molecule has 3 heteroatoms. The zero-order valence-electron chi connectivity index (χ0n) is 8.47. The molecule has 0 bridgehead atoms. The van der Waals surface area contributed by atoms with Gasteiger partial charge in [-0.3, -0.25) is 0 Å². The molecule has 2 atom stereocenters. The van der Waals surface area contributed by atoms with E-state index in [4.69, 9.17) is 10.5 Å². The molecule has 74 valence electrons. The molecule has 3 nitrogen and oxygen atoms in total. The van der Waals surface area contributed by atoms with Crippen molar-refractivity contribution in [3.8, 4) is 0 Å². The molecule has 0 saturated carbocycles. The Morgan fingerprint density at radius 1 is 1.33 bits per heavy atom. The van der Waals surface area contributed by atoms with Gasteiger partial charge in [-0.15, -0.1) is 0 Å². The van der Waals surface area contributed by atoms with Crippen molar-refractivity contribution < 1.29 is 4.74 Å². The van der Waals surface area contributed by atoms with E-state index in [-0.39, 0.29) is 6.10 Å². The second kappa shape index (κ2) is 7.53. The number of rotatable bonds is 7. The van der Waals surface area contributed by atoms with Crippen molar-refractivity contribution in [3.63, 3.8) is 0 Å². The molecule has 0 amide bonds. The fourth-order valence-corrected chi connectivity index (χ4v) is 0.969. The maximum atomic E-state index is 5.38. The third kappa shape index (κ3) is 5.52. The van der Waals surface area contributed by atoms with Gasteiger partial charge in [-0.25, -0.2) is 0 Å². The van der Waals surface area contributed by atoms with E-state index in [0.29, 0.717) is 6.04 Å². The summed E-state index contributed by atoms with van der Waals surface area (Å²) in [7, 11) is 1.74. The number of ether oxygens (including phenoxy) is 1. The number of hydrogen-bond acceptors (Lipinski definition) is 3. The molecule has 12 heavy (non-hydrogen) atoms. The van der Waals surface area contributed by atoms with Crippen LogP contribution in [0.3, 0.4) is 0 Å². The number of methoxy groups -OCH3 is 1. The highest BCUT2D eigenvalue weighted by atomic mass is 16.5. The van der Waals surface area contributed by atoms with Crippen LogP contribution in [0.4, 0.5) is 0 Å². The molecule has 0 saturated heterocycles. The fraction of sp³-hybridized carbons (Fsp3) is 1.00. The predicted molar refractivity (Wildman–Crippen MR) is 52.2 cm³/mol. The Bertz CT molecular complexity index is 98.5. The van der Waals surface area contributed by atoms with Gasteiger partial charge in [0.05, 0.1) is 6.10 Å². The van der Waals surface area contributed by atoms with Crippen LogP contribution in [-0.2, 0) is 4.74 Å². The lowest BCUT2D eigenvalue weighted by Gasteiger charge is -2.19. The molecule has 3 N–H and O–H groups in total. The smallest absolute Gasteiger partial charge is 0.0693 e. The molecule has 0 aliphatic rings. The van der Waals surface area contributed by atoms with Crippen LogP contribution in [0.25, 0.3) is 0 Å². The molecule has 0 heterocycles. The van der Waals surface area contributed by atoms with E-state index in [1.165, 1.54) is 0 Å². The first-order chi connectivity index (χ1) is 5.72. The highest BCUT2D eigenvalue weighted by molar-refractivity contribution is 4.67. The van der Waals surface area contributed by atoms with Gasteiger partial charge in [0.1, 0.15) is 0 Å². The molecular weight excluding hydrogens is 152 g/mol. The molecule has 0 aromatic carbocycles. The second-order valence-electron chi connectivity index (χ2n) is 3.18. The first-order valence-electron chi connectivity index (χ1n) is 4.68. The summed E-state index contributed by atoms with van der Waals surface area (Å²) in [6.45, 7) is 6.03. The van der Waals surface area contributed by atoms with Crippen LogP contribution in [0, 0.1) is 0 Å². The molecule has 0 aliphatic heterocycles. The lowest BCUT2D eigenvalue weighted by Crippen LogP contribution is -2.37. The summed E-state index contributed by atoms with van der Waals surface area (Å²) >= 11 is 0. The quantitative estimate of drug-likeness (QED) is 0.560. The Morgan fingerprint density at radius 2 is 2.00 bits per heavy atom. The van der Waals surface area contributed by atoms with Gasteiger partial charge in [-0.05, 0) is 39.8 Å². The Morgan fingerprint density at radius 3 is 2.50 bits per heavy atom. The van der Waals surface area contributed by atoms with Crippen molar-refractivity contribution in [1.29, 1.82) is 0 Å². The maximum Gasteiger partial charge on any atom is 0.0693 e. The third-order valence-electron chi connectivity index (χ3n) is 2.17. The van der Waals surface area contributed by atoms with Crippen molar-refractivity contribution in [2.45, 2.75) is 38.8 Å². The number of unbranched alkanes of at least 4 members (excludes halogenated alkanes) is 1. The van der Waals surface area contributed by atoms with E-state index in [0.717, 1.165) is 25.9 Å². The average molecular weight is 174 g/mol. The normalized spacial score (nSPS) is 16.0. The number of hydrogen-bond donors (Lipinski definition) is 2. The minimum absolute atomic E-state index is 0.280. The first kappa shape index (κ1) is 11.9. The lowest BCUT2D eigenvalue weighted by molar-refractivity contribution is 0.0887. The van der Waals surface area contributed by atoms with Crippen LogP contribution in [0.2, 0.25) is 0 Å². The van der Waals surface area contributed by atoms with Gasteiger partial charge in [0.15, 0.2) is 0 Å². The van der Waals surface area contributed by atoms with E-state index in [1.54, 1.807) is 7.11 Å². The van der Waals surface area contributed by atoms with E-state index >= 15 is 0 Å². The summed E-state index contributed by atoms with van der Waals surface area (Å²) in [5.74, 6) is 0. The highest BCUT2D eigenvalue weighted by Gasteiger charge is 2.08. The molecule has 0 spiro atoms. The fourth-order valence-electron chi connectivity index (χ4n) is 0.969. The Hall–Kier alpha value is -0.120. The Balaban J connectivity index is 3.24. The van der Waals surface area contributed by atoms with Crippen molar-refractivity contribution in [1.82, 2.24) is 5.32 Å². The Labute approximate surface area is 75.7 Å². The summed E-state index contributed by atoms with van der Waals surface area (Å²) in [5, 5.41) is 3.39. The summed E-state index contributed by atoms with van der Waals surface area (Å²) in [5.41, 5.74) is 5.38. The van der Waals surface area contributed by atoms with Gasteiger partial charge in [0.2, 0.25) is 0 Å². The molecule has 2 unspecified atom stereocenters. The van der Waals surface area contributed by atoms with Gasteiger partial charge in [0.25, 0.3) is 0 Å². The van der Waals surface area contributed by atoms with Crippen LogP contribution in [0.15, 0.2) is 0 Å². The van der Waals surface area contributed by atoms with Gasteiger partial charge in [-0.1, -0.05) is 0 Å². The zero-order chi connectivity index (χ0) is 9.40. The molecule has 0 fully saturated rings. The Kier molecular flexibility index (Phi) is 7.45. The summed E-state index contributed by atoms with van der Waals surface area (Å²) < 4.78 is 5.18. The zero-order valence-corrected chi connectivity index (χ0v) is 8.47. The van der Waals surface area contributed by atoms with Crippen molar-refractivity contribution in [2.24, 2.45) is 5.73 Å². The van der Waals surface area contributed by atoms with Crippen LogP contribution in [0.1, 0.15) is 26.7 Å². The SMILES string of the molecule is COC(C)C(C)NCCCCN. The van der Waals surface area contributed by atoms with Gasteiger partial charge in [0, 0.05) is 13.2 Å². The molecule has 0 aliphatic carbocycles. The second-order valence-corrected chi connectivity index (χ2v) is 3.18. The lowest BCUT2D eigenvalue weighted by atomic mass is 10.2. The molecular formula is C9H22N2O. The van der Waals surface area contributed by atoms with Gasteiger partial charge >= 0.3 is 0 Å². The van der Waals surface area contributed by atoms with E-state index in [2.05, 4.69) is 19.2 Å². The van der Waals surface area contributed by atoms with Crippen LogP contribution >= 0.6 is 0 Å². The molecule has 0 rings (SSSR count). The average Bonchev–Trinajstić information content (AvgIpc) is 2.10. The first-order valence-corrected chi connectivity index (χ1v) is 4.68.